The Morgan fingerprint density at radius 2 is 1.67 bits per heavy atom. The predicted molar refractivity (Wildman–Crippen MR) is 71.5 cm³/mol. The first-order valence-electron chi connectivity index (χ1n) is 5.69. The van der Waals surface area contributed by atoms with Crippen LogP contribution in [0, 0.1) is 15.9 Å². The number of hydrogen-bond donors (Lipinski definition) is 0. The quantitative estimate of drug-likeness (QED) is 0.492. The van der Waals surface area contributed by atoms with Crippen LogP contribution in [0.25, 0.3) is 0 Å². The van der Waals surface area contributed by atoms with Gasteiger partial charge in [0.25, 0.3) is 0 Å². The molecule has 0 radical (unpaired) electrons. The molecule has 0 amide bonds. The standard InChI is InChI=1S/C13H10FNO5S/c1-20-9-2-4-10(5-3-9)21(18,19)11-6-7-12(14)13(8-11)15(16)17/h2-8H,1H3. The molecule has 0 aliphatic heterocycles. The van der Waals surface area contributed by atoms with Gasteiger partial charge in [0, 0.05) is 6.07 Å². The fourth-order valence-corrected chi connectivity index (χ4v) is 2.97. The number of halogens is 1. The van der Waals surface area contributed by atoms with Gasteiger partial charge in [-0.1, -0.05) is 0 Å². The molecule has 0 aliphatic rings. The number of rotatable bonds is 4. The number of hydrogen-bond acceptors (Lipinski definition) is 5. The van der Waals surface area contributed by atoms with E-state index >= 15 is 0 Å². The maximum atomic E-state index is 13.3. The number of nitro benzene ring substituents is 1. The Morgan fingerprint density at radius 3 is 2.19 bits per heavy atom. The molecule has 0 aliphatic carbocycles. The second kappa shape index (κ2) is 5.49. The molecular weight excluding hydrogens is 301 g/mol. The van der Waals surface area contributed by atoms with Crippen LogP contribution in [0.5, 0.6) is 5.75 Å². The minimum absolute atomic E-state index is 0.0655. The molecule has 0 spiro atoms. The van der Waals surface area contributed by atoms with Crippen LogP contribution in [-0.2, 0) is 9.84 Å². The number of nitrogens with zero attached hydrogens (tertiary/aromatic N) is 1. The van der Waals surface area contributed by atoms with Crippen LogP contribution in [0.1, 0.15) is 0 Å². The van der Waals surface area contributed by atoms with E-state index in [-0.39, 0.29) is 9.79 Å². The van der Waals surface area contributed by atoms with Crippen molar-refractivity contribution in [3.63, 3.8) is 0 Å². The number of benzene rings is 2. The van der Waals surface area contributed by atoms with Crippen LogP contribution >= 0.6 is 0 Å². The molecule has 0 bridgehead atoms. The average molecular weight is 311 g/mol. The lowest BCUT2D eigenvalue weighted by atomic mass is 10.3. The van der Waals surface area contributed by atoms with Gasteiger partial charge >= 0.3 is 5.69 Å². The largest absolute Gasteiger partial charge is 0.497 e. The molecule has 2 aromatic carbocycles. The normalized spacial score (nSPS) is 11.1. The molecule has 21 heavy (non-hydrogen) atoms. The smallest absolute Gasteiger partial charge is 0.306 e. The highest BCUT2D eigenvalue weighted by Crippen LogP contribution is 2.27. The summed E-state index contributed by atoms with van der Waals surface area (Å²) in [5.74, 6) is -0.618. The van der Waals surface area contributed by atoms with Crippen molar-refractivity contribution in [2.45, 2.75) is 9.79 Å². The Bertz CT molecular complexity index is 787. The lowest BCUT2D eigenvalue weighted by molar-refractivity contribution is -0.387. The molecule has 0 fully saturated rings. The van der Waals surface area contributed by atoms with Crippen molar-refractivity contribution in [3.8, 4) is 5.75 Å². The van der Waals surface area contributed by atoms with Gasteiger partial charge in [-0.05, 0) is 36.4 Å². The number of ether oxygens (including phenoxy) is 1. The van der Waals surface area contributed by atoms with Gasteiger partial charge in [-0.2, -0.15) is 4.39 Å². The van der Waals surface area contributed by atoms with Gasteiger partial charge in [0.1, 0.15) is 5.75 Å². The van der Waals surface area contributed by atoms with Gasteiger partial charge in [-0.15, -0.1) is 0 Å². The summed E-state index contributed by atoms with van der Waals surface area (Å²) in [5.41, 5.74) is -0.885. The summed E-state index contributed by atoms with van der Waals surface area (Å²) in [4.78, 5) is 9.29. The summed E-state index contributed by atoms with van der Waals surface area (Å²) in [5, 5.41) is 10.7. The predicted octanol–water partition coefficient (Wildman–Crippen LogP) is 2.58. The van der Waals surface area contributed by atoms with Crippen molar-refractivity contribution in [2.24, 2.45) is 0 Å². The van der Waals surface area contributed by atoms with E-state index in [1.54, 1.807) is 0 Å². The lowest BCUT2D eigenvalue weighted by Gasteiger charge is -2.06. The molecule has 6 nitrogen and oxygen atoms in total. The van der Waals surface area contributed by atoms with Gasteiger partial charge in [0.05, 0.1) is 21.8 Å². The highest BCUT2D eigenvalue weighted by atomic mass is 32.2. The molecule has 0 atom stereocenters. The van der Waals surface area contributed by atoms with E-state index in [2.05, 4.69) is 0 Å². The Balaban J connectivity index is 2.53. The van der Waals surface area contributed by atoms with Crippen molar-refractivity contribution >= 4 is 15.5 Å². The van der Waals surface area contributed by atoms with Gasteiger partial charge in [-0.3, -0.25) is 10.1 Å². The van der Waals surface area contributed by atoms with E-state index in [0.717, 1.165) is 12.1 Å². The highest BCUT2D eigenvalue weighted by Gasteiger charge is 2.23. The Kier molecular flexibility index (Phi) is 3.90. The Morgan fingerprint density at radius 1 is 1.10 bits per heavy atom. The van der Waals surface area contributed by atoms with Crippen LogP contribution in [0.4, 0.5) is 10.1 Å². The highest BCUT2D eigenvalue weighted by molar-refractivity contribution is 7.91. The van der Waals surface area contributed by atoms with Crippen molar-refractivity contribution in [3.05, 3.63) is 58.4 Å². The molecule has 0 N–H and O–H groups in total. The third kappa shape index (κ3) is 2.84. The molecule has 0 aromatic heterocycles. The molecular formula is C13H10FNO5S. The first kappa shape index (κ1) is 14.9. The fraction of sp³-hybridized carbons (Fsp3) is 0.0769. The fourth-order valence-electron chi connectivity index (χ4n) is 1.69. The van der Waals surface area contributed by atoms with E-state index in [0.29, 0.717) is 11.8 Å². The van der Waals surface area contributed by atoms with Crippen molar-refractivity contribution in [2.75, 3.05) is 7.11 Å². The summed E-state index contributed by atoms with van der Waals surface area (Å²) in [6, 6.07) is 7.97. The monoisotopic (exact) mass is 311 g/mol. The topological polar surface area (TPSA) is 86.5 Å². The van der Waals surface area contributed by atoms with Crippen LogP contribution < -0.4 is 4.74 Å². The van der Waals surface area contributed by atoms with Gasteiger partial charge in [0.2, 0.25) is 15.7 Å². The SMILES string of the molecule is COc1ccc(S(=O)(=O)c2ccc(F)c([N+](=O)[O-])c2)cc1. The van der Waals surface area contributed by atoms with Crippen molar-refractivity contribution < 1.29 is 22.5 Å². The molecule has 0 saturated carbocycles. The summed E-state index contributed by atoms with van der Waals surface area (Å²) in [6.07, 6.45) is 0. The molecule has 2 rings (SSSR count). The van der Waals surface area contributed by atoms with Gasteiger partial charge < -0.3 is 4.74 Å². The van der Waals surface area contributed by atoms with Crippen molar-refractivity contribution in [1.82, 2.24) is 0 Å². The molecule has 0 heterocycles. The first-order valence-corrected chi connectivity index (χ1v) is 7.17. The molecule has 8 heteroatoms. The van der Waals surface area contributed by atoms with Crippen LogP contribution in [0.15, 0.2) is 52.3 Å². The zero-order chi connectivity index (χ0) is 15.6. The molecule has 110 valence electrons. The summed E-state index contributed by atoms with van der Waals surface area (Å²) >= 11 is 0. The van der Waals surface area contributed by atoms with Gasteiger partial charge in [-0.25, -0.2) is 8.42 Å². The zero-order valence-corrected chi connectivity index (χ0v) is 11.6. The average Bonchev–Trinajstić information content (AvgIpc) is 2.47. The first-order chi connectivity index (χ1) is 9.86. The van der Waals surface area contributed by atoms with E-state index in [4.69, 9.17) is 4.74 Å². The summed E-state index contributed by atoms with van der Waals surface area (Å²) in [7, 11) is -2.53. The maximum Gasteiger partial charge on any atom is 0.306 e. The summed E-state index contributed by atoms with van der Waals surface area (Å²) in [6.45, 7) is 0. The van der Waals surface area contributed by atoms with Crippen LogP contribution in [0.2, 0.25) is 0 Å². The number of nitro groups is 1. The second-order valence-corrected chi connectivity index (χ2v) is 6.00. The third-order valence-corrected chi connectivity index (χ3v) is 4.56. The van der Waals surface area contributed by atoms with Crippen LogP contribution in [0.3, 0.4) is 0 Å². The minimum Gasteiger partial charge on any atom is -0.497 e. The van der Waals surface area contributed by atoms with E-state index in [1.807, 2.05) is 0 Å². The van der Waals surface area contributed by atoms with E-state index in [9.17, 15) is 22.9 Å². The molecule has 0 saturated heterocycles. The van der Waals surface area contributed by atoms with Crippen LogP contribution in [-0.4, -0.2) is 20.5 Å². The van der Waals surface area contributed by atoms with E-state index < -0.39 is 26.3 Å². The second-order valence-electron chi connectivity index (χ2n) is 4.05. The Labute approximate surface area is 119 Å². The number of sulfone groups is 1. The lowest BCUT2D eigenvalue weighted by Crippen LogP contribution is -2.04. The summed E-state index contributed by atoms with van der Waals surface area (Å²) < 4.78 is 42.8. The molecule has 2 aromatic rings. The van der Waals surface area contributed by atoms with Gasteiger partial charge in [0.15, 0.2) is 0 Å². The zero-order valence-electron chi connectivity index (χ0n) is 10.8. The van der Waals surface area contributed by atoms with Crippen molar-refractivity contribution in [1.29, 1.82) is 0 Å². The number of methoxy groups -OCH3 is 1. The minimum atomic E-state index is -3.96. The third-order valence-electron chi connectivity index (χ3n) is 2.79. The molecule has 0 unspecified atom stereocenters. The maximum absolute atomic E-state index is 13.3. The van der Waals surface area contributed by atoms with E-state index in [1.165, 1.54) is 31.4 Å². The Hall–Kier alpha value is -2.48.